The third-order valence-electron chi connectivity index (χ3n) is 4.06. The van der Waals surface area contributed by atoms with Crippen molar-refractivity contribution in [3.63, 3.8) is 0 Å². The zero-order valence-electron chi connectivity index (χ0n) is 14.6. The van der Waals surface area contributed by atoms with Crippen molar-refractivity contribution in [2.45, 2.75) is 71.5 Å². The lowest BCUT2D eigenvalue weighted by Gasteiger charge is -2.04. The van der Waals surface area contributed by atoms with Crippen molar-refractivity contribution in [1.82, 2.24) is 0 Å². The van der Waals surface area contributed by atoms with Crippen molar-refractivity contribution >= 4 is 5.78 Å². The molecular weight excluding hydrogens is 272 g/mol. The number of ketones is 1. The van der Waals surface area contributed by atoms with Crippen LogP contribution in [0.3, 0.4) is 0 Å². The smallest absolute Gasteiger partial charge is 0.158 e. The minimum atomic E-state index is -0.250. The Morgan fingerprint density at radius 1 is 1.27 bits per heavy atom. The van der Waals surface area contributed by atoms with Gasteiger partial charge in [-0.1, -0.05) is 42.0 Å². The van der Waals surface area contributed by atoms with Gasteiger partial charge in [0.25, 0.3) is 0 Å². The van der Waals surface area contributed by atoms with Gasteiger partial charge in [-0.25, -0.2) is 0 Å². The van der Waals surface area contributed by atoms with E-state index in [1.807, 2.05) is 26.8 Å². The number of epoxide rings is 1. The second-order valence-corrected chi connectivity index (χ2v) is 6.77. The molecule has 2 heteroatoms. The Morgan fingerprint density at radius 3 is 2.55 bits per heavy atom. The topological polar surface area (TPSA) is 29.6 Å². The Hall–Kier alpha value is -1.41. The van der Waals surface area contributed by atoms with Gasteiger partial charge in [0.15, 0.2) is 5.78 Å². The summed E-state index contributed by atoms with van der Waals surface area (Å²) in [6.45, 7) is 15.7. The highest BCUT2D eigenvalue weighted by Crippen LogP contribution is 2.42. The molecule has 122 valence electrons. The molecule has 0 spiro atoms. The molecule has 1 aliphatic rings. The maximum atomic E-state index is 11.8. The predicted octanol–water partition coefficient (Wildman–Crippen LogP) is 5.32. The van der Waals surface area contributed by atoms with Crippen LogP contribution in [0.1, 0.15) is 59.8 Å². The van der Waals surface area contributed by atoms with E-state index >= 15 is 0 Å². The molecule has 0 aromatic carbocycles. The zero-order valence-corrected chi connectivity index (χ0v) is 14.6. The minimum absolute atomic E-state index is 0.167. The molecule has 0 aromatic heterocycles. The Morgan fingerprint density at radius 2 is 1.95 bits per heavy atom. The van der Waals surface area contributed by atoms with Crippen LogP contribution in [0.5, 0.6) is 0 Å². The normalized spacial score (nSPS) is 23.8. The van der Waals surface area contributed by atoms with Crippen LogP contribution in [0.15, 0.2) is 48.1 Å². The van der Waals surface area contributed by atoms with Crippen molar-refractivity contribution in [2.24, 2.45) is 0 Å². The highest BCUT2D eigenvalue weighted by molar-refractivity contribution is 5.91. The van der Waals surface area contributed by atoms with Crippen LogP contribution in [0.2, 0.25) is 0 Å². The van der Waals surface area contributed by atoms with Crippen LogP contribution < -0.4 is 0 Å². The number of carbonyl (C=O) groups excluding carboxylic acids is 1. The van der Waals surface area contributed by atoms with Crippen molar-refractivity contribution in [1.29, 1.82) is 0 Å². The quantitative estimate of drug-likeness (QED) is 0.237. The van der Waals surface area contributed by atoms with Gasteiger partial charge < -0.3 is 4.74 Å². The van der Waals surface area contributed by atoms with E-state index in [1.54, 1.807) is 6.08 Å². The number of allylic oxidation sites excluding steroid dienone is 6. The van der Waals surface area contributed by atoms with Crippen molar-refractivity contribution in [3.05, 3.63) is 48.1 Å². The fourth-order valence-electron chi connectivity index (χ4n) is 2.60. The summed E-state index contributed by atoms with van der Waals surface area (Å²) < 4.78 is 5.76. The summed E-state index contributed by atoms with van der Waals surface area (Å²) in [5.41, 5.74) is 3.26. The molecule has 0 aromatic rings. The first-order valence-corrected chi connectivity index (χ1v) is 8.08. The van der Waals surface area contributed by atoms with E-state index < -0.39 is 0 Å². The fourth-order valence-corrected chi connectivity index (χ4v) is 2.60. The van der Waals surface area contributed by atoms with Gasteiger partial charge in [0.1, 0.15) is 0 Å². The highest BCUT2D eigenvalue weighted by Gasteiger charge is 2.52. The van der Waals surface area contributed by atoms with Crippen LogP contribution >= 0.6 is 0 Å². The summed E-state index contributed by atoms with van der Waals surface area (Å²) in [4.78, 5) is 11.8. The van der Waals surface area contributed by atoms with Crippen LogP contribution in [0.25, 0.3) is 0 Å². The van der Waals surface area contributed by atoms with E-state index in [2.05, 4.69) is 26.2 Å². The SMILES string of the molecule is C=CC(=C)CC/C=C(\C)CCC1OC1(C)CC(=O)C=C(C)C. The highest BCUT2D eigenvalue weighted by atomic mass is 16.6. The number of ether oxygens (including phenoxy) is 1. The predicted molar refractivity (Wildman–Crippen MR) is 93.9 cm³/mol. The summed E-state index contributed by atoms with van der Waals surface area (Å²) in [6, 6.07) is 0. The second-order valence-electron chi connectivity index (χ2n) is 6.77. The Kier molecular flexibility index (Phi) is 7.02. The fraction of sp³-hybridized carbons (Fsp3) is 0.550. The molecule has 0 amide bonds. The van der Waals surface area contributed by atoms with Crippen molar-refractivity contribution in [2.75, 3.05) is 0 Å². The van der Waals surface area contributed by atoms with Gasteiger partial charge in [-0.2, -0.15) is 0 Å². The maximum Gasteiger partial charge on any atom is 0.158 e. The van der Waals surface area contributed by atoms with Gasteiger partial charge in [-0.05, 0) is 59.5 Å². The Labute approximate surface area is 135 Å². The largest absolute Gasteiger partial charge is 0.366 e. The third-order valence-corrected chi connectivity index (χ3v) is 4.06. The molecule has 2 nitrogen and oxygen atoms in total. The van der Waals surface area contributed by atoms with Crippen LogP contribution in [0.4, 0.5) is 0 Å². The van der Waals surface area contributed by atoms with E-state index in [4.69, 9.17) is 4.74 Å². The molecule has 1 aliphatic heterocycles. The summed E-state index contributed by atoms with van der Waals surface area (Å²) >= 11 is 0. The van der Waals surface area contributed by atoms with Crippen LogP contribution in [-0.2, 0) is 9.53 Å². The Bertz CT molecular complexity index is 492. The molecule has 0 saturated carbocycles. The van der Waals surface area contributed by atoms with Crippen LogP contribution in [-0.4, -0.2) is 17.5 Å². The summed E-state index contributed by atoms with van der Waals surface area (Å²) in [7, 11) is 0. The van der Waals surface area contributed by atoms with E-state index in [9.17, 15) is 4.79 Å². The molecule has 22 heavy (non-hydrogen) atoms. The second kappa shape index (κ2) is 8.28. The molecule has 0 aliphatic carbocycles. The van der Waals surface area contributed by atoms with Gasteiger partial charge in [0.05, 0.1) is 11.7 Å². The number of hydrogen-bond acceptors (Lipinski definition) is 2. The number of hydrogen-bond donors (Lipinski definition) is 0. The first-order chi connectivity index (χ1) is 10.3. The minimum Gasteiger partial charge on any atom is -0.366 e. The molecule has 0 N–H and O–H groups in total. The lowest BCUT2D eigenvalue weighted by Crippen LogP contribution is -2.15. The third kappa shape index (κ3) is 6.57. The van der Waals surface area contributed by atoms with E-state index in [-0.39, 0.29) is 17.5 Å². The first-order valence-electron chi connectivity index (χ1n) is 8.08. The average Bonchev–Trinajstić information content (AvgIpc) is 3.04. The van der Waals surface area contributed by atoms with Gasteiger partial charge in [0.2, 0.25) is 0 Å². The number of rotatable bonds is 10. The van der Waals surface area contributed by atoms with Gasteiger partial charge in [0, 0.05) is 6.42 Å². The Balaban J connectivity index is 2.30. The van der Waals surface area contributed by atoms with Crippen molar-refractivity contribution < 1.29 is 9.53 Å². The molecule has 1 saturated heterocycles. The summed E-state index contributed by atoms with van der Waals surface area (Å²) in [5, 5.41) is 0. The summed E-state index contributed by atoms with van der Waals surface area (Å²) in [6.07, 6.45) is 10.5. The van der Waals surface area contributed by atoms with Gasteiger partial charge >= 0.3 is 0 Å². The van der Waals surface area contributed by atoms with Crippen LogP contribution in [0, 0.1) is 0 Å². The standard InChI is InChI=1S/C20H30O2/c1-7-16(4)9-8-10-17(5)11-12-19-20(6,22-19)14-18(21)13-15(2)3/h7,10,13,19H,1,4,8-9,11-12,14H2,2-3,5-6H3/b17-10+. The molecule has 0 bridgehead atoms. The lowest BCUT2D eigenvalue weighted by molar-refractivity contribution is -0.115. The molecule has 2 unspecified atom stereocenters. The average molecular weight is 302 g/mol. The molecule has 1 fully saturated rings. The van der Waals surface area contributed by atoms with E-state index in [0.717, 1.165) is 36.8 Å². The lowest BCUT2D eigenvalue weighted by atomic mass is 9.95. The number of carbonyl (C=O) groups is 1. The van der Waals surface area contributed by atoms with E-state index in [1.165, 1.54) is 5.57 Å². The molecule has 2 atom stereocenters. The monoisotopic (exact) mass is 302 g/mol. The van der Waals surface area contributed by atoms with Gasteiger partial charge in [-0.3, -0.25) is 4.79 Å². The molecule has 1 heterocycles. The molecule has 0 radical (unpaired) electrons. The van der Waals surface area contributed by atoms with Gasteiger partial charge in [-0.15, -0.1) is 0 Å². The molecule has 1 rings (SSSR count). The maximum absolute atomic E-state index is 11.8. The summed E-state index contributed by atoms with van der Waals surface area (Å²) in [5.74, 6) is 0.167. The first kappa shape index (κ1) is 18.6. The zero-order chi connectivity index (χ0) is 16.8. The molecular formula is C20H30O2. The van der Waals surface area contributed by atoms with Crippen molar-refractivity contribution in [3.8, 4) is 0 Å². The van der Waals surface area contributed by atoms with E-state index in [0.29, 0.717) is 6.42 Å².